The molecule has 27 heavy (non-hydrogen) atoms. The van der Waals surface area contributed by atoms with Gasteiger partial charge in [-0.1, -0.05) is 56.3 Å². The Balaban J connectivity index is 1.73. The largest absolute Gasteiger partial charge is 0.508 e. The molecule has 1 aliphatic rings. The summed E-state index contributed by atoms with van der Waals surface area (Å²) in [6, 6.07) is 21.4. The number of aryl methyl sites for hydroxylation is 1. The third-order valence-electron chi connectivity index (χ3n) is 5.64. The maximum absolute atomic E-state index is 10.3. The molecule has 0 radical (unpaired) electrons. The lowest BCUT2D eigenvalue weighted by Gasteiger charge is -2.31. The van der Waals surface area contributed by atoms with Gasteiger partial charge < -0.3 is 9.67 Å². The van der Waals surface area contributed by atoms with Crippen LogP contribution in [0.2, 0.25) is 0 Å². The molecule has 2 aromatic carbocycles. The molecule has 1 aromatic heterocycles. The summed E-state index contributed by atoms with van der Waals surface area (Å²) in [5, 5.41) is 10.3. The second-order valence-electron chi connectivity index (χ2n) is 7.80. The molecule has 0 amide bonds. The van der Waals surface area contributed by atoms with E-state index in [2.05, 4.69) is 65.9 Å². The summed E-state index contributed by atoms with van der Waals surface area (Å²) in [5.41, 5.74) is 5.01. The number of para-hydroxylation sites is 1. The van der Waals surface area contributed by atoms with Gasteiger partial charge in [0.25, 0.3) is 0 Å². The summed E-state index contributed by atoms with van der Waals surface area (Å²) in [4.78, 5) is 2.50. The minimum absolute atomic E-state index is 0.198. The first-order valence-corrected chi connectivity index (χ1v) is 9.89. The van der Waals surface area contributed by atoms with Crippen LogP contribution in [0.5, 0.6) is 5.75 Å². The highest BCUT2D eigenvalue weighted by Gasteiger charge is 2.27. The zero-order valence-corrected chi connectivity index (χ0v) is 16.2. The smallest absolute Gasteiger partial charge is 0.120 e. The Morgan fingerprint density at radius 1 is 0.963 bits per heavy atom. The minimum atomic E-state index is 0.198. The number of nitrogens with zero attached hydrogens (tertiary/aromatic N) is 2. The molecule has 1 N–H and O–H groups in total. The van der Waals surface area contributed by atoms with E-state index in [0.29, 0.717) is 11.7 Å². The molecule has 4 rings (SSSR count). The molecule has 1 aliphatic heterocycles. The van der Waals surface area contributed by atoms with Crippen LogP contribution in [0.4, 0.5) is 0 Å². The van der Waals surface area contributed by atoms with Crippen molar-refractivity contribution in [3.05, 3.63) is 89.2 Å². The van der Waals surface area contributed by atoms with Crippen molar-refractivity contribution in [1.82, 2.24) is 9.47 Å². The molecule has 1 unspecified atom stereocenters. The number of benzene rings is 2. The van der Waals surface area contributed by atoms with E-state index in [1.54, 1.807) is 6.07 Å². The molecule has 0 saturated heterocycles. The number of rotatable bonds is 4. The SMILES string of the molecule is CC(C)c1ccc(C2c3cccn3CCCN2Cc2ccccc2O)cc1. The van der Waals surface area contributed by atoms with Crippen LogP contribution >= 0.6 is 0 Å². The second kappa shape index (κ2) is 7.61. The van der Waals surface area contributed by atoms with Gasteiger partial charge >= 0.3 is 0 Å². The van der Waals surface area contributed by atoms with Crippen LogP contribution in [0.3, 0.4) is 0 Å². The average Bonchev–Trinajstić information content (AvgIpc) is 3.05. The zero-order chi connectivity index (χ0) is 18.8. The summed E-state index contributed by atoms with van der Waals surface area (Å²) in [7, 11) is 0. The van der Waals surface area contributed by atoms with E-state index in [0.717, 1.165) is 31.6 Å². The van der Waals surface area contributed by atoms with Crippen LogP contribution in [0, 0.1) is 0 Å². The van der Waals surface area contributed by atoms with Crippen LogP contribution in [-0.4, -0.2) is 21.1 Å². The van der Waals surface area contributed by atoms with Crippen LogP contribution in [0.25, 0.3) is 0 Å². The highest BCUT2D eigenvalue weighted by molar-refractivity contribution is 5.35. The summed E-state index contributed by atoms with van der Waals surface area (Å²) in [6.45, 7) is 7.26. The van der Waals surface area contributed by atoms with E-state index in [1.807, 2.05) is 18.2 Å². The summed E-state index contributed by atoms with van der Waals surface area (Å²) >= 11 is 0. The molecule has 0 saturated carbocycles. The van der Waals surface area contributed by atoms with Crippen molar-refractivity contribution in [2.24, 2.45) is 0 Å². The monoisotopic (exact) mass is 360 g/mol. The summed E-state index contributed by atoms with van der Waals surface area (Å²) in [6.07, 6.45) is 3.30. The summed E-state index contributed by atoms with van der Waals surface area (Å²) in [5.74, 6) is 0.917. The minimum Gasteiger partial charge on any atom is -0.508 e. The highest BCUT2D eigenvalue weighted by Crippen LogP contribution is 2.34. The van der Waals surface area contributed by atoms with Crippen molar-refractivity contribution < 1.29 is 5.11 Å². The first kappa shape index (κ1) is 17.9. The maximum atomic E-state index is 10.3. The molecule has 0 fully saturated rings. The van der Waals surface area contributed by atoms with E-state index >= 15 is 0 Å². The molecular formula is C24H28N2O. The average molecular weight is 361 g/mol. The van der Waals surface area contributed by atoms with Crippen molar-refractivity contribution in [1.29, 1.82) is 0 Å². The Morgan fingerprint density at radius 3 is 2.48 bits per heavy atom. The van der Waals surface area contributed by atoms with Gasteiger partial charge in [0.1, 0.15) is 5.75 Å². The zero-order valence-electron chi connectivity index (χ0n) is 16.2. The summed E-state index contributed by atoms with van der Waals surface area (Å²) < 4.78 is 2.38. The van der Waals surface area contributed by atoms with E-state index < -0.39 is 0 Å². The quantitative estimate of drug-likeness (QED) is 0.683. The van der Waals surface area contributed by atoms with Crippen molar-refractivity contribution in [2.45, 2.75) is 45.3 Å². The van der Waals surface area contributed by atoms with Crippen molar-refractivity contribution in [2.75, 3.05) is 6.54 Å². The number of aromatic hydroxyl groups is 1. The Bertz CT molecular complexity index is 895. The number of phenolic OH excluding ortho intramolecular Hbond substituents is 1. The van der Waals surface area contributed by atoms with Gasteiger partial charge in [-0.05, 0) is 41.7 Å². The first-order chi connectivity index (χ1) is 13.1. The fourth-order valence-corrected chi connectivity index (χ4v) is 4.12. The topological polar surface area (TPSA) is 28.4 Å². The van der Waals surface area contributed by atoms with Crippen LogP contribution < -0.4 is 0 Å². The molecule has 0 spiro atoms. The van der Waals surface area contributed by atoms with Gasteiger partial charge in [0.05, 0.1) is 6.04 Å². The standard InChI is InChI=1S/C24H28N2O/c1-18(2)19-10-12-20(13-11-19)24-22-8-5-14-25(22)15-6-16-26(24)17-21-7-3-4-9-23(21)27/h3-5,7-14,18,24,27H,6,15-17H2,1-2H3. The van der Waals surface area contributed by atoms with Gasteiger partial charge in [-0.2, -0.15) is 0 Å². The van der Waals surface area contributed by atoms with Crippen molar-refractivity contribution in [3.63, 3.8) is 0 Å². The van der Waals surface area contributed by atoms with Gasteiger partial charge in [0, 0.05) is 37.1 Å². The predicted molar refractivity (Wildman–Crippen MR) is 110 cm³/mol. The number of fused-ring (bicyclic) bond motifs is 1. The molecule has 3 heteroatoms. The maximum Gasteiger partial charge on any atom is 0.120 e. The van der Waals surface area contributed by atoms with E-state index in [4.69, 9.17) is 0 Å². The van der Waals surface area contributed by atoms with Crippen LogP contribution in [-0.2, 0) is 13.1 Å². The third-order valence-corrected chi connectivity index (χ3v) is 5.64. The number of aromatic nitrogens is 1. The van der Waals surface area contributed by atoms with Gasteiger partial charge in [-0.3, -0.25) is 4.90 Å². The molecular weight excluding hydrogens is 332 g/mol. The number of phenols is 1. The predicted octanol–water partition coefficient (Wildman–Crippen LogP) is 5.31. The lowest BCUT2D eigenvalue weighted by atomic mass is 9.96. The molecule has 3 aromatic rings. The van der Waals surface area contributed by atoms with Crippen molar-refractivity contribution >= 4 is 0 Å². The molecule has 3 nitrogen and oxygen atoms in total. The fourth-order valence-electron chi connectivity index (χ4n) is 4.12. The van der Waals surface area contributed by atoms with E-state index in [9.17, 15) is 5.11 Å². The molecule has 1 atom stereocenters. The lowest BCUT2D eigenvalue weighted by molar-refractivity contribution is 0.218. The Morgan fingerprint density at radius 2 is 1.74 bits per heavy atom. The van der Waals surface area contributed by atoms with E-state index in [1.165, 1.54) is 16.8 Å². The highest BCUT2D eigenvalue weighted by atomic mass is 16.3. The van der Waals surface area contributed by atoms with Gasteiger partial charge in [0.15, 0.2) is 0 Å². The molecule has 0 bridgehead atoms. The normalized spacial score (nSPS) is 17.7. The molecule has 140 valence electrons. The Kier molecular flexibility index (Phi) is 5.04. The lowest BCUT2D eigenvalue weighted by Crippen LogP contribution is -2.29. The fraction of sp³-hybridized carbons (Fsp3) is 0.333. The third kappa shape index (κ3) is 3.65. The van der Waals surface area contributed by atoms with Gasteiger partial charge in [-0.25, -0.2) is 0 Å². The van der Waals surface area contributed by atoms with Crippen LogP contribution in [0.15, 0.2) is 66.9 Å². The number of hydrogen-bond acceptors (Lipinski definition) is 2. The molecule has 0 aliphatic carbocycles. The Labute approximate surface area is 161 Å². The van der Waals surface area contributed by atoms with Crippen LogP contribution in [0.1, 0.15) is 54.6 Å². The van der Waals surface area contributed by atoms with Crippen molar-refractivity contribution in [3.8, 4) is 5.75 Å². The molecule has 2 heterocycles. The second-order valence-corrected chi connectivity index (χ2v) is 7.80. The van der Waals surface area contributed by atoms with Gasteiger partial charge in [0.2, 0.25) is 0 Å². The number of hydrogen-bond donors (Lipinski definition) is 1. The first-order valence-electron chi connectivity index (χ1n) is 9.89. The Hall–Kier alpha value is -2.52. The van der Waals surface area contributed by atoms with Gasteiger partial charge in [-0.15, -0.1) is 0 Å². The van der Waals surface area contributed by atoms with E-state index in [-0.39, 0.29) is 6.04 Å².